The van der Waals surface area contributed by atoms with Crippen molar-refractivity contribution in [2.45, 2.75) is 0 Å². The zero-order valence-corrected chi connectivity index (χ0v) is 14.5. The first-order valence-electron chi connectivity index (χ1n) is 8.81. The molecule has 4 nitrogen and oxygen atoms in total. The molecule has 0 aromatic heterocycles. The van der Waals surface area contributed by atoms with Gasteiger partial charge < -0.3 is 0 Å². The topological polar surface area (TPSA) is 70.0 Å². The Morgan fingerprint density at radius 2 is 1.36 bits per heavy atom. The van der Waals surface area contributed by atoms with Crippen molar-refractivity contribution in [3.05, 3.63) is 65.2 Å². The van der Waals surface area contributed by atoms with Gasteiger partial charge in [-0.3, -0.25) is 14.9 Å². The number of amides is 2. The van der Waals surface area contributed by atoms with E-state index in [-0.39, 0.29) is 0 Å². The van der Waals surface area contributed by atoms with E-state index >= 15 is 0 Å². The molecule has 1 aliphatic rings. The maximum absolute atomic E-state index is 12.4. The van der Waals surface area contributed by atoms with Crippen molar-refractivity contribution in [1.29, 1.82) is 5.26 Å². The van der Waals surface area contributed by atoms with Crippen molar-refractivity contribution in [2.75, 3.05) is 0 Å². The van der Waals surface area contributed by atoms with Crippen molar-refractivity contribution in [3.63, 3.8) is 0 Å². The van der Waals surface area contributed by atoms with Crippen LogP contribution in [0.4, 0.5) is 0 Å². The number of rotatable bonds is 0. The fourth-order valence-electron chi connectivity index (χ4n) is 4.63. The minimum atomic E-state index is -0.410. The quantitative estimate of drug-likeness (QED) is 0.200. The number of carbonyl (C=O) groups excluding carboxylic acids is 2. The van der Waals surface area contributed by atoms with E-state index in [0.29, 0.717) is 27.5 Å². The molecule has 28 heavy (non-hydrogen) atoms. The highest BCUT2D eigenvalue weighted by molar-refractivity contribution is 6.48. The molecule has 0 saturated carbocycles. The van der Waals surface area contributed by atoms with Crippen molar-refractivity contribution in [2.24, 2.45) is 0 Å². The third kappa shape index (κ3) is 1.61. The molecule has 5 heteroatoms. The van der Waals surface area contributed by atoms with E-state index in [1.807, 2.05) is 30.3 Å². The molecule has 5 aromatic rings. The normalized spacial score (nSPS) is 13.5. The molecule has 1 aliphatic heterocycles. The van der Waals surface area contributed by atoms with Crippen LogP contribution in [0.3, 0.4) is 0 Å². The summed E-state index contributed by atoms with van der Waals surface area (Å²) in [6, 6.07) is 17.0. The molecule has 0 bridgehead atoms. The molecule has 126 valence electrons. The molecule has 1 N–H and O–H groups in total. The summed E-state index contributed by atoms with van der Waals surface area (Å²) in [5.74, 6) is -0.821. The molecule has 2 amide bonds. The second-order valence-corrected chi connectivity index (χ2v) is 7.08. The van der Waals surface area contributed by atoms with Crippen molar-refractivity contribution < 1.29 is 9.59 Å². The van der Waals surface area contributed by atoms with E-state index in [1.54, 1.807) is 18.2 Å². The van der Waals surface area contributed by atoms with Crippen LogP contribution in [-0.4, -0.2) is 19.7 Å². The smallest absolute Gasteiger partial charge is 0.258 e. The van der Waals surface area contributed by atoms with Gasteiger partial charge in [0.2, 0.25) is 0 Å². The van der Waals surface area contributed by atoms with E-state index in [9.17, 15) is 14.9 Å². The Morgan fingerprint density at radius 1 is 0.714 bits per heavy atom. The highest BCUT2D eigenvalue weighted by atomic mass is 16.2. The summed E-state index contributed by atoms with van der Waals surface area (Å²) in [6.45, 7) is 0. The Hall–Kier alpha value is -3.91. The lowest BCUT2D eigenvalue weighted by atomic mass is 9.79. The number of fused-ring (bicyclic) bond motifs is 2. The summed E-state index contributed by atoms with van der Waals surface area (Å²) in [5.41, 5.74) is 2.05. The number of nitrogens with zero attached hydrogens (tertiary/aromatic N) is 1. The maximum atomic E-state index is 12.4. The van der Waals surface area contributed by atoms with E-state index in [4.69, 9.17) is 7.85 Å². The fourth-order valence-corrected chi connectivity index (χ4v) is 4.63. The number of benzene rings is 5. The van der Waals surface area contributed by atoms with Gasteiger partial charge in [-0.05, 0) is 50.5 Å². The Morgan fingerprint density at radius 3 is 2.04 bits per heavy atom. The summed E-state index contributed by atoms with van der Waals surface area (Å²) >= 11 is 0. The zero-order valence-electron chi connectivity index (χ0n) is 14.5. The highest BCUT2D eigenvalue weighted by Crippen LogP contribution is 2.43. The summed E-state index contributed by atoms with van der Waals surface area (Å²) in [4.78, 5) is 24.9. The second-order valence-electron chi connectivity index (χ2n) is 7.08. The molecule has 1 heterocycles. The monoisotopic (exact) mass is 356 g/mol. The van der Waals surface area contributed by atoms with Gasteiger partial charge in [0.15, 0.2) is 0 Å². The Labute approximate surface area is 160 Å². The second kappa shape index (κ2) is 4.87. The highest BCUT2D eigenvalue weighted by Gasteiger charge is 2.28. The van der Waals surface area contributed by atoms with E-state index in [1.165, 1.54) is 0 Å². The average Bonchev–Trinajstić information content (AvgIpc) is 2.71. The van der Waals surface area contributed by atoms with Crippen LogP contribution in [0.2, 0.25) is 0 Å². The van der Waals surface area contributed by atoms with Gasteiger partial charge in [-0.15, -0.1) is 0 Å². The van der Waals surface area contributed by atoms with Crippen LogP contribution < -0.4 is 10.8 Å². The number of hydrogen-bond donors (Lipinski definition) is 1. The van der Waals surface area contributed by atoms with E-state index in [2.05, 4.69) is 11.4 Å². The molecular formula is C23H9BN2O2. The lowest BCUT2D eigenvalue weighted by molar-refractivity contribution is 0.0845. The number of imide groups is 1. The lowest BCUT2D eigenvalue weighted by Crippen LogP contribution is -2.34. The van der Waals surface area contributed by atoms with Crippen LogP contribution in [0.1, 0.15) is 26.3 Å². The summed E-state index contributed by atoms with van der Waals surface area (Å²) < 4.78 is 0. The Balaban J connectivity index is 2.07. The van der Waals surface area contributed by atoms with Gasteiger partial charge in [0, 0.05) is 21.9 Å². The van der Waals surface area contributed by atoms with Gasteiger partial charge in [-0.25, -0.2) is 0 Å². The fraction of sp³-hybridized carbons (Fsp3) is 0. The molecule has 2 radical (unpaired) electrons. The molecule has 0 unspecified atom stereocenters. The third-order valence-electron chi connectivity index (χ3n) is 5.75. The van der Waals surface area contributed by atoms with Crippen LogP contribution in [0.5, 0.6) is 0 Å². The summed E-state index contributed by atoms with van der Waals surface area (Å²) in [5, 5.41) is 18.9. The molecule has 0 saturated heterocycles. The lowest BCUT2D eigenvalue weighted by Gasteiger charge is -2.22. The van der Waals surface area contributed by atoms with Crippen LogP contribution in [-0.2, 0) is 0 Å². The first kappa shape index (κ1) is 15.2. The van der Waals surface area contributed by atoms with Gasteiger partial charge in [0.05, 0.1) is 11.6 Å². The average molecular weight is 356 g/mol. The predicted octanol–water partition coefficient (Wildman–Crippen LogP) is 3.29. The van der Waals surface area contributed by atoms with Crippen LogP contribution in [0.15, 0.2) is 48.5 Å². The predicted molar refractivity (Wildman–Crippen MR) is 110 cm³/mol. The Kier molecular flexibility index (Phi) is 2.64. The molecule has 0 atom stereocenters. The van der Waals surface area contributed by atoms with Gasteiger partial charge in [-0.2, -0.15) is 5.26 Å². The number of nitriles is 1. The van der Waals surface area contributed by atoms with Gasteiger partial charge >= 0.3 is 0 Å². The molecule has 0 fully saturated rings. The standard InChI is InChI=1S/C23H9BN2O2/c24-16-8-3-10-1-2-11(9-25)17-12-4-6-14-20-15(23(28)26-22(14)27)7-5-13(19(12)20)21(16)18(10)17/h1-8H,(H,26,27,28). The first-order chi connectivity index (χ1) is 13.6. The van der Waals surface area contributed by atoms with Crippen molar-refractivity contribution >= 4 is 68.2 Å². The van der Waals surface area contributed by atoms with Crippen LogP contribution >= 0.6 is 0 Å². The summed E-state index contributed by atoms with van der Waals surface area (Å²) in [6.07, 6.45) is 0. The Bertz CT molecular complexity index is 1570. The molecular weight excluding hydrogens is 347 g/mol. The molecule has 5 aromatic carbocycles. The summed E-state index contributed by atoms with van der Waals surface area (Å²) in [7, 11) is 6.37. The van der Waals surface area contributed by atoms with Crippen molar-refractivity contribution in [1.82, 2.24) is 5.32 Å². The van der Waals surface area contributed by atoms with Crippen LogP contribution in [0.25, 0.3) is 43.1 Å². The molecule has 0 spiro atoms. The van der Waals surface area contributed by atoms with Crippen LogP contribution in [0, 0.1) is 11.3 Å². The van der Waals surface area contributed by atoms with Gasteiger partial charge in [0.1, 0.15) is 7.85 Å². The number of hydrogen-bond acceptors (Lipinski definition) is 3. The SMILES string of the molecule is [B]c1ccc2ccc(C#N)c3c4ccc5c6c(ccc(c1c23)c64)C(=O)NC5=O. The number of nitrogens with one attached hydrogen (secondary N) is 1. The largest absolute Gasteiger partial charge is 0.288 e. The van der Waals surface area contributed by atoms with Gasteiger partial charge in [0.25, 0.3) is 11.8 Å². The molecule has 0 aliphatic carbocycles. The maximum Gasteiger partial charge on any atom is 0.258 e. The van der Waals surface area contributed by atoms with E-state index < -0.39 is 11.8 Å². The van der Waals surface area contributed by atoms with Crippen molar-refractivity contribution in [3.8, 4) is 6.07 Å². The van der Waals surface area contributed by atoms with E-state index in [0.717, 1.165) is 37.7 Å². The minimum Gasteiger partial charge on any atom is -0.288 e. The van der Waals surface area contributed by atoms with Gasteiger partial charge in [-0.1, -0.05) is 35.8 Å². The third-order valence-corrected chi connectivity index (χ3v) is 5.75. The minimum absolute atomic E-state index is 0.410. The first-order valence-corrected chi connectivity index (χ1v) is 8.81. The molecule has 6 rings (SSSR count). The number of carbonyl (C=O) groups is 2. The zero-order chi connectivity index (χ0) is 19.2.